The van der Waals surface area contributed by atoms with Gasteiger partial charge in [0.25, 0.3) is 0 Å². The number of para-hydroxylation sites is 1. The molecule has 15 heavy (non-hydrogen) atoms. The summed E-state index contributed by atoms with van der Waals surface area (Å²) in [5.41, 5.74) is 1.59. The van der Waals surface area contributed by atoms with Crippen LogP contribution in [0.2, 0.25) is 0 Å². The van der Waals surface area contributed by atoms with E-state index in [1.165, 1.54) is 0 Å². The molecule has 2 rings (SSSR count). The van der Waals surface area contributed by atoms with E-state index in [0.29, 0.717) is 11.4 Å². The zero-order chi connectivity index (χ0) is 11.0. The van der Waals surface area contributed by atoms with Gasteiger partial charge < -0.3 is 9.30 Å². The molecule has 0 unspecified atom stereocenters. The van der Waals surface area contributed by atoms with Gasteiger partial charge in [-0.1, -0.05) is 12.1 Å². The number of aryl methyl sites for hydroxylation is 1. The van der Waals surface area contributed by atoms with Gasteiger partial charge in [0.05, 0.1) is 18.2 Å². The van der Waals surface area contributed by atoms with Gasteiger partial charge in [-0.3, -0.25) is 4.79 Å². The van der Waals surface area contributed by atoms with Gasteiger partial charge in [-0.05, 0) is 19.1 Å². The highest BCUT2D eigenvalue weighted by molar-refractivity contribution is 5.80. The molecule has 3 heteroatoms. The first-order valence-corrected chi connectivity index (χ1v) is 4.79. The van der Waals surface area contributed by atoms with Crippen molar-refractivity contribution in [1.82, 2.24) is 4.57 Å². The van der Waals surface area contributed by atoms with Gasteiger partial charge in [-0.25, -0.2) is 0 Å². The van der Waals surface area contributed by atoms with E-state index < -0.39 is 0 Å². The number of aromatic nitrogens is 1. The number of nitrogens with zero attached hydrogens (tertiary/aromatic N) is 1. The van der Waals surface area contributed by atoms with Crippen molar-refractivity contribution in [2.75, 3.05) is 7.11 Å². The summed E-state index contributed by atoms with van der Waals surface area (Å²) in [5, 5.41) is 0.735. The van der Waals surface area contributed by atoms with E-state index in [1.54, 1.807) is 14.0 Å². The molecule has 0 fully saturated rings. The predicted molar refractivity (Wildman–Crippen MR) is 60.5 cm³/mol. The van der Waals surface area contributed by atoms with Gasteiger partial charge in [-0.2, -0.15) is 0 Å². The minimum atomic E-state index is 0.0422. The summed E-state index contributed by atoms with van der Waals surface area (Å²) < 4.78 is 7.12. The lowest BCUT2D eigenvalue weighted by Crippen LogP contribution is -2.13. The molecule has 78 valence electrons. The van der Waals surface area contributed by atoms with Crippen LogP contribution >= 0.6 is 0 Å². The molecule has 0 saturated carbocycles. The molecule has 0 N–H and O–H groups in total. The minimum Gasteiger partial charge on any atom is -0.482 e. The van der Waals surface area contributed by atoms with Crippen LogP contribution in [0.4, 0.5) is 0 Å². The molecule has 0 saturated heterocycles. The summed E-state index contributed by atoms with van der Waals surface area (Å²) in [6.45, 7) is 1.79. The SMILES string of the molecule is COc1c(C)c(=O)c2ccccc2n1C. The summed E-state index contributed by atoms with van der Waals surface area (Å²) in [7, 11) is 3.48. The molecule has 0 atom stereocenters. The van der Waals surface area contributed by atoms with E-state index >= 15 is 0 Å². The zero-order valence-corrected chi connectivity index (χ0v) is 9.07. The molecule has 0 amide bonds. The molecular weight excluding hydrogens is 190 g/mol. The number of fused-ring (bicyclic) bond motifs is 1. The highest BCUT2D eigenvalue weighted by atomic mass is 16.5. The van der Waals surface area contributed by atoms with Crippen LogP contribution in [0.1, 0.15) is 5.56 Å². The van der Waals surface area contributed by atoms with Crippen LogP contribution in [0.3, 0.4) is 0 Å². The molecule has 0 aliphatic heterocycles. The van der Waals surface area contributed by atoms with Crippen molar-refractivity contribution >= 4 is 10.9 Å². The molecule has 0 spiro atoms. The second-order valence-electron chi connectivity index (χ2n) is 3.54. The van der Waals surface area contributed by atoms with Crippen LogP contribution in [0.5, 0.6) is 5.88 Å². The highest BCUT2D eigenvalue weighted by Crippen LogP contribution is 2.19. The Hall–Kier alpha value is -1.77. The summed E-state index contributed by atoms with van der Waals surface area (Å²) in [4.78, 5) is 12.0. The van der Waals surface area contributed by atoms with Crippen molar-refractivity contribution < 1.29 is 4.74 Å². The average Bonchev–Trinajstić information content (AvgIpc) is 2.27. The molecule has 0 bridgehead atoms. The van der Waals surface area contributed by atoms with Gasteiger partial charge >= 0.3 is 0 Å². The van der Waals surface area contributed by atoms with E-state index in [1.807, 2.05) is 35.9 Å². The number of rotatable bonds is 1. The molecule has 0 radical (unpaired) electrons. The van der Waals surface area contributed by atoms with Crippen molar-refractivity contribution in [1.29, 1.82) is 0 Å². The Morgan fingerprint density at radius 2 is 1.93 bits per heavy atom. The zero-order valence-electron chi connectivity index (χ0n) is 9.07. The lowest BCUT2D eigenvalue weighted by molar-refractivity contribution is 0.378. The van der Waals surface area contributed by atoms with E-state index in [4.69, 9.17) is 4.74 Å². The lowest BCUT2D eigenvalue weighted by atomic mass is 10.1. The largest absolute Gasteiger partial charge is 0.482 e. The fraction of sp³-hybridized carbons (Fsp3) is 0.250. The molecule has 1 heterocycles. The van der Waals surface area contributed by atoms with Gasteiger partial charge in [0, 0.05) is 12.4 Å². The fourth-order valence-electron chi connectivity index (χ4n) is 1.91. The van der Waals surface area contributed by atoms with E-state index in [9.17, 15) is 4.79 Å². The summed E-state index contributed by atoms with van der Waals surface area (Å²) in [6.07, 6.45) is 0. The number of methoxy groups -OCH3 is 1. The predicted octanol–water partition coefficient (Wildman–Crippen LogP) is 1.86. The molecule has 1 aromatic carbocycles. The van der Waals surface area contributed by atoms with Crippen molar-refractivity contribution in [2.24, 2.45) is 7.05 Å². The van der Waals surface area contributed by atoms with Crippen LogP contribution in [0.15, 0.2) is 29.1 Å². The van der Waals surface area contributed by atoms with E-state index in [0.717, 1.165) is 10.9 Å². The van der Waals surface area contributed by atoms with Gasteiger partial charge in [0.15, 0.2) is 11.3 Å². The third kappa shape index (κ3) is 1.31. The standard InChI is InChI=1S/C12H13NO2/c1-8-11(14)9-6-4-5-7-10(9)13(2)12(8)15-3/h4-7H,1-3H3. The topological polar surface area (TPSA) is 31.2 Å². The van der Waals surface area contributed by atoms with Crippen molar-refractivity contribution in [2.45, 2.75) is 6.92 Å². The normalized spacial score (nSPS) is 10.6. The molecular formula is C12H13NO2. The molecule has 2 aromatic rings. The minimum absolute atomic E-state index is 0.0422. The smallest absolute Gasteiger partial charge is 0.200 e. The van der Waals surface area contributed by atoms with Gasteiger partial charge in [-0.15, -0.1) is 0 Å². The van der Waals surface area contributed by atoms with Crippen molar-refractivity contribution in [3.05, 3.63) is 40.1 Å². The van der Waals surface area contributed by atoms with Gasteiger partial charge in [0.1, 0.15) is 0 Å². The van der Waals surface area contributed by atoms with Crippen LogP contribution in [0.25, 0.3) is 10.9 Å². The molecule has 3 nitrogen and oxygen atoms in total. The number of ether oxygens (including phenoxy) is 1. The molecule has 0 aliphatic rings. The highest BCUT2D eigenvalue weighted by Gasteiger charge is 2.10. The third-order valence-corrected chi connectivity index (χ3v) is 2.67. The summed E-state index contributed by atoms with van der Waals surface area (Å²) in [5.74, 6) is 0.624. The Labute approximate surface area is 87.9 Å². The third-order valence-electron chi connectivity index (χ3n) is 2.67. The fourth-order valence-corrected chi connectivity index (χ4v) is 1.91. The number of hydrogen-bond acceptors (Lipinski definition) is 2. The Morgan fingerprint density at radius 3 is 2.60 bits per heavy atom. The van der Waals surface area contributed by atoms with Crippen molar-refractivity contribution in [3.63, 3.8) is 0 Å². The average molecular weight is 203 g/mol. The van der Waals surface area contributed by atoms with Crippen LogP contribution in [0, 0.1) is 6.92 Å². The quantitative estimate of drug-likeness (QED) is 0.708. The molecule has 0 aliphatic carbocycles. The Morgan fingerprint density at radius 1 is 1.27 bits per heavy atom. The summed E-state index contributed by atoms with van der Waals surface area (Å²) in [6, 6.07) is 7.54. The van der Waals surface area contributed by atoms with Crippen molar-refractivity contribution in [3.8, 4) is 5.88 Å². The Bertz CT molecular complexity index is 570. The Kier molecular flexibility index (Phi) is 2.23. The first kappa shape index (κ1) is 9.77. The van der Waals surface area contributed by atoms with Crippen LogP contribution in [-0.4, -0.2) is 11.7 Å². The first-order chi connectivity index (χ1) is 7.16. The van der Waals surface area contributed by atoms with Gasteiger partial charge in [0.2, 0.25) is 0 Å². The number of hydrogen-bond donors (Lipinski definition) is 0. The second-order valence-corrected chi connectivity index (χ2v) is 3.54. The maximum atomic E-state index is 12.0. The monoisotopic (exact) mass is 203 g/mol. The van der Waals surface area contributed by atoms with E-state index in [2.05, 4.69) is 0 Å². The van der Waals surface area contributed by atoms with E-state index in [-0.39, 0.29) is 5.43 Å². The second kappa shape index (κ2) is 3.42. The van der Waals surface area contributed by atoms with Crippen LogP contribution < -0.4 is 10.2 Å². The summed E-state index contributed by atoms with van der Waals surface area (Å²) >= 11 is 0. The molecule has 1 aromatic heterocycles. The number of benzene rings is 1. The number of pyridine rings is 1. The maximum Gasteiger partial charge on any atom is 0.200 e. The Balaban J connectivity index is 3.03. The lowest BCUT2D eigenvalue weighted by Gasteiger charge is -2.13. The van der Waals surface area contributed by atoms with Crippen LogP contribution in [-0.2, 0) is 7.05 Å². The maximum absolute atomic E-state index is 12.0. The first-order valence-electron chi connectivity index (χ1n) is 4.79.